The van der Waals surface area contributed by atoms with Crippen LogP contribution in [0, 0.1) is 0 Å². The van der Waals surface area contributed by atoms with E-state index >= 15 is 0 Å². The van der Waals surface area contributed by atoms with Gasteiger partial charge in [0, 0.05) is 23.6 Å². The largest absolute Gasteiger partial charge is 0.484 e. The van der Waals surface area contributed by atoms with E-state index in [-0.39, 0.29) is 25.0 Å². The van der Waals surface area contributed by atoms with Gasteiger partial charge in [0.25, 0.3) is 5.91 Å². The summed E-state index contributed by atoms with van der Waals surface area (Å²) in [6.07, 6.45) is 0. The van der Waals surface area contributed by atoms with E-state index < -0.39 is 6.04 Å². The molecule has 2 aromatic rings. The van der Waals surface area contributed by atoms with E-state index in [0.29, 0.717) is 15.8 Å². The van der Waals surface area contributed by atoms with Crippen molar-refractivity contribution in [3.8, 4) is 5.75 Å². The molecule has 2 amide bonds. The third-order valence-corrected chi connectivity index (χ3v) is 4.51. The second-order valence-corrected chi connectivity index (χ2v) is 6.49. The zero-order chi connectivity index (χ0) is 19.1. The summed E-state index contributed by atoms with van der Waals surface area (Å²) < 4.78 is 5.52. The van der Waals surface area contributed by atoms with E-state index in [0.717, 1.165) is 5.56 Å². The number of nitrogens with zero attached hydrogens (tertiary/aromatic N) is 1. The zero-order valence-electron chi connectivity index (χ0n) is 14.5. The highest BCUT2D eigenvalue weighted by molar-refractivity contribution is 6.31. The highest BCUT2D eigenvalue weighted by Crippen LogP contribution is 2.19. The van der Waals surface area contributed by atoms with Crippen LogP contribution in [0.4, 0.5) is 0 Å². The third kappa shape index (κ3) is 5.38. The summed E-state index contributed by atoms with van der Waals surface area (Å²) in [7, 11) is 1.53. The van der Waals surface area contributed by atoms with E-state index in [9.17, 15) is 9.59 Å². The maximum absolute atomic E-state index is 12.7. The fourth-order valence-corrected chi connectivity index (χ4v) is 2.68. The number of likely N-dealkylation sites (N-methyl/N-ethyl adjacent to an activating group) is 1. The van der Waals surface area contributed by atoms with Crippen molar-refractivity contribution in [2.75, 3.05) is 13.7 Å². The number of ether oxygens (including phenoxy) is 1. The Morgan fingerprint density at radius 2 is 1.77 bits per heavy atom. The first-order chi connectivity index (χ1) is 12.4. The van der Waals surface area contributed by atoms with Crippen molar-refractivity contribution in [3.63, 3.8) is 0 Å². The van der Waals surface area contributed by atoms with Crippen LogP contribution in [-0.4, -0.2) is 36.4 Å². The van der Waals surface area contributed by atoms with Gasteiger partial charge in [-0.1, -0.05) is 41.4 Å². The van der Waals surface area contributed by atoms with Crippen molar-refractivity contribution in [1.82, 2.24) is 10.2 Å². The predicted molar refractivity (Wildman–Crippen MR) is 102 cm³/mol. The molecule has 2 rings (SSSR count). The summed E-state index contributed by atoms with van der Waals surface area (Å²) >= 11 is 12.0. The second-order valence-electron chi connectivity index (χ2n) is 5.65. The minimum absolute atomic E-state index is 0.201. The average molecular weight is 395 g/mol. The summed E-state index contributed by atoms with van der Waals surface area (Å²) in [5.74, 6) is -0.0686. The second kappa shape index (κ2) is 9.46. The molecule has 0 saturated heterocycles. The Morgan fingerprint density at radius 1 is 1.12 bits per heavy atom. The van der Waals surface area contributed by atoms with Gasteiger partial charge in [0.05, 0.1) is 0 Å². The summed E-state index contributed by atoms with van der Waals surface area (Å²) in [5, 5.41) is 3.68. The van der Waals surface area contributed by atoms with E-state index in [2.05, 4.69) is 5.32 Å². The third-order valence-electron chi connectivity index (χ3n) is 3.89. The molecule has 0 spiro atoms. The number of carbonyl (C=O) groups excluding carboxylic acids is 2. The minimum Gasteiger partial charge on any atom is -0.484 e. The topological polar surface area (TPSA) is 58.6 Å². The molecule has 0 aliphatic carbocycles. The monoisotopic (exact) mass is 394 g/mol. The number of benzene rings is 2. The lowest BCUT2D eigenvalue weighted by Gasteiger charge is -2.28. The molecule has 1 N–H and O–H groups in total. The predicted octanol–water partition coefficient (Wildman–Crippen LogP) is 3.54. The molecule has 0 bridgehead atoms. The lowest BCUT2D eigenvalue weighted by Crippen LogP contribution is -2.48. The van der Waals surface area contributed by atoms with Gasteiger partial charge >= 0.3 is 0 Å². The van der Waals surface area contributed by atoms with E-state index in [1.54, 1.807) is 37.3 Å². The number of nitrogens with one attached hydrogen (secondary N) is 1. The normalized spacial score (nSPS) is 11.5. The maximum atomic E-state index is 12.7. The van der Waals surface area contributed by atoms with Crippen molar-refractivity contribution in [1.29, 1.82) is 0 Å². The molecule has 2 aromatic carbocycles. The van der Waals surface area contributed by atoms with Gasteiger partial charge in [0.15, 0.2) is 6.61 Å². The molecule has 5 nitrogen and oxygen atoms in total. The standard InChI is InChI=1S/C19H20Cl2N2O3/c1-13(19(25)22-2)23(11-14-5-3-4-6-17(14)21)18(24)12-26-16-9-7-15(20)8-10-16/h3-10,13H,11-12H2,1-2H3,(H,22,25)/t13-/m1/s1. The number of hydrogen-bond donors (Lipinski definition) is 1. The molecule has 0 fully saturated rings. The highest BCUT2D eigenvalue weighted by Gasteiger charge is 2.26. The quantitative estimate of drug-likeness (QED) is 0.780. The Hall–Kier alpha value is -2.24. The van der Waals surface area contributed by atoms with E-state index in [4.69, 9.17) is 27.9 Å². The molecular formula is C19H20Cl2N2O3. The van der Waals surface area contributed by atoms with Crippen LogP contribution in [0.25, 0.3) is 0 Å². The molecule has 0 heterocycles. The lowest BCUT2D eigenvalue weighted by atomic mass is 10.1. The highest BCUT2D eigenvalue weighted by atomic mass is 35.5. The van der Waals surface area contributed by atoms with Gasteiger partial charge < -0.3 is 15.0 Å². The summed E-state index contributed by atoms with van der Waals surface area (Å²) in [6, 6.07) is 13.2. The smallest absolute Gasteiger partial charge is 0.261 e. The number of hydrogen-bond acceptors (Lipinski definition) is 3. The van der Waals surface area contributed by atoms with Crippen molar-refractivity contribution in [3.05, 3.63) is 64.1 Å². The summed E-state index contributed by atoms with van der Waals surface area (Å²) in [4.78, 5) is 26.2. The van der Waals surface area contributed by atoms with Gasteiger partial charge in [-0.2, -0.15) is 0 Å². The molecular weight excluding hydrogens is 375 g/mol. The molecule has 1 atom stereocenters. The van der Waals surface area contributed by atoms with Crippen LogP contribution in [-0.2, 0) is 16.1 Å². The molecule has 138 valence electrons. The van der Waals surface area contributed by atoms with Gasteiger partial charge in [-0.05, 0) is 42.8 Å². The number of halogens is 2. The van der Waals surface area contributed by atoms with Crippen molar-refractivity contribution in [2.24, 2.45) is 0 Å². The Bertz CT molecular complexity index is 766. The summed E-state index contributed by atoms with van der Waals surface area (Å²) in [6.45, 7) is 1.67. The first kappa shape index (κ1) is 20.1. The van der Waals surface area contributed by atoms with E-state index in [1.165, 1.54) is 11.9 Å². The Kier molecular flexibility index (Phi) is 7.30. The molecule has 26 heavy (non-hydrogen) atoms. The molecule has 0 aromatic heterocycles. The van der Waals surface area contributed by atoms with Crippen LogP contribution in [0.5, 0.6) is 5.75 Å². The fraction of sp³-hybridized carbons (Fsp3) is 0.263. The first-order valence-electron chi connectivity index (χ1n) is 8.05. The Balaban J connectivity index is 2.13. The maximum Gasteiger partial charge on any atom is 0.261 e. The van der Waals surface area contributed by atoms with Crippen LogP contribution in [0.2, 0.25) is 10.0 Å². The minimum atomic E-state index is -0.669. The SMILES string of the molecule is CNC(=O)[C@@H](C)N(Cc1ccccc1Cl)C(=O)COc1ccc(Cl)cc1. The lowest BCUT2D eigenvalue weighted by molar-refractivity contribution is -0.142. The fourth-order valence-electron chi connectivity index (χ4n) is 2.36. The Morgan fingerprint density at radius 3 is 2.38 bits per heavy atom. The van der Waals surface area contributed by atoms with Crippen LogP contribution in [0.15, 0.2) is 48.5 Å². The molecule has 0 radical (unpaired) electrons. The zero-order valence-corrected chi connectivity index (χ0v) is 16.1. The molecule has 0 aliphatic heterocycles. The van der Waals surface area contributed by atoms with E-state index in [1.807, 2.05) is 18.2 Å². The van der Waals surface area contributed by atoms with Gasteiger partial charge in [-0.3, -0.25) is 9.59 Å². The van der Waals surface area contributed by atoms with Gasteiger partial charge in [-0.15, -0.1) is 0 Å². The molecule has 0 saturated carbocycles. The van der Waals surface area contributed by atoms with Crippen molar-refractivity contribution >= 4 is 35.0 Å². The summed E-state index contributed by atoms with van der Waals surface area (Å²) in [5.41, 5.74) is 0.754. The van der Waals surface area contributed by atoms with Gasteiger partial charge in [0.1, 0.15) is 11.8 Å². The van der Waals surface area contributed by atoms with Crippen LogP contribution >= 0.6 is 23.2 Å². The Labute approximate surface area is 162 Å². The number of rotatable bonds is 7. The van der Waals surface area contributed by atoms with Crippen molar-refractivity contribution < 1.29 is 14.3 Å². The average Bonchev–Trinajstić information content (AvgIpc) is 2.65. The van der Waals surface area contributed by atoms with Gasteiger partial charge in [0.2, 0.25) is 5.91 Å². The molecule has 0 aliphatic rings. The first-order valence-corrected chi connectivity index (χ1v) is 8.80. The molecule has 0 unspecified atom stereocenters. The number of carbonyl (C=O) groups is 2. The molecule has 7 heteroatoms. The van der Waals surface area contributed by atoms with Crippen molar-refractivity contribution in [2.45, 2.75) is 19.5 Å². The van der Waals surface area contributed by atoms with Crippen LogP contribution < -0.4 is 10.1 Å². The van der Waals surface area contributed by atoms with Gasteiger partial charge in [-0.25, -0.2) is 0 Å². The van der Waals surface area contributed by atoms with Crippen LogP contribution in [0.3, 0.4) is 0 Å². The number of amides is 2. The van der Waals surface area contributed by atoms with Crippen LogP contribution in [0.1, 0.15) is 12.5 Å².